The minimum Gasteiger partial charge on any atom is -0.177 e. The number of tetrazole rings is 1. The van der Waals surface area contributed by atoms with Gasteiger partial charge in [-0.3, -0.25) is 0 Å². The number of rotatable bonds is 1. The Morgan fingerprint density at radius 1 is 1.00 bits per heavy atom. The van der Waals surface area contributed by atoms with E-state index in [9.17, 15) is 0 Å². The SMILES string of the molecule is CC1CCCc2c1ccc1c2ccc2cc(-c3nn[nH]n3)ccc21. The summed E-state index contributed by atoms with van der Waals surface area (Å²) in [7, 11) is 0. The van der Waals surface area contributed by atoms with Gasteiger partial charge in [0, 0.05) is 5.56 Å². The number of aromatic nitrogens is 4. The van der Waals surface area contributed by atoms with Gasteiger partial charge in [-0.1, -0.05) is 43.3 Å². The molecule has 0 amide bonds. The molecule has 0 bridgehead atoms. The third kappa shape index (κ3) is 1.96. The van der Waals surface area contributed by atoms with Gasteiger partial charge in [-0.25, -0.2) is 0 Å². The van der Waals surface area contributed by atoms with Crippen molar-refractivity contribution in [3.8, 4) is 11.4 Å². The van der Waals surface area contributed by atoms with Gasteiger partial charge in [0.15, 0.2) is 0 Å². The van der Waals surface area contributed by atoms with Crippen LogP contribution in [0.5, 0.6) is 0 Å². The highest BCUT2D eigenvalue weighted by Crippen LogP contribution is 2.38. The molecule has 3 aromatic carbocycles. The zero-order valence-corrected chi connectivity index (χ0v) is 13.6. The van der Waals surface area contributed by atoms with E-state index in [-0.39, 0.29) is 0 Å². The normalized spacial score (nSPS) is 17.3. The molecule has 0 fully saturated rings. The number of fused-ring (bicyclic) bond motifs is 5. The van der Waals surface area contributed by atoms with Crippen molar-refractivity contribution in [3.05, 3.63) is 53.6 Å². The second-order valence-electron chi connectivity index (χ2n) is 6.76. The molecule has 4 nitrogen and oxygen atoms in total. The summed E-state index contributed by atoms with van der Waals surface area (Å²) in [6, 6.07) is 15.5. The number of benzene rings is 3. The van der Waals surface area contributed by atoms with E-state index in [1.54, 1.807) is 5.56 Å². The smallest absolute Gasteiger partial charge is 0.177 e. The fraction of sp³-hybridized carbons (Fsp3) is 0.250. The Balaban J connectivity index is 1.76. The van der Waals surface area contributed by atoms with Crippen molar-refractivity contribution in [1.29, 1.82) is 0 Å². The molecule has 1 N–H and O–H groups in total. The monoisotopic (exact) mass is 314 g/mol. The summed E-state index contributed by atoms with van der Waals surface area (Å²) in [4.78, 5) is 0. The molecule has 1 heterocycles. The lowest BCUT2D eigenvalue weighted by molar-refractivity contribution is 0.593. The zero-order valence-electron chi connectivity index (χ0n) is 13.6. The maximum Gasteiger partial charge on any atom is 0.204 e. The van der Waals surface area contributed by atoms with Crippen LogP contribution in [0.3, 0.4) is 0 Å². The van der Waals surface area contributed by atoms with Crippen LogP contribution in [0.1, 0.15) is 36.8 Å². The Morgan fingerprint density at radius 3 is 2.75 bits per heavy atom. The van der Waals surface area contributed by atoms with Crippen LogP contribution in [0.15, 0.2) is 42.5 Å². The molecule has 0 saturated heterocycles. The summed E-state index contributed by atoms with van der Waals surface area (Å²) in [5, 5.41) is 19.6. The van der Waals surface area contributed by atoms with Gasteiger partial charge in [-0.05, 0) is 69.1 Å². The molecule has 118 valence electrons. The van der Waals surface area contributed by atoms with Gasteiger partial charge in [0.2, 0.25) is 5.82 Å². The maximum absolute atomic E-state index is 4.07. The van der Waals surface area contributed by atoms with E-state index >= 15 is 0 Å². The third-order valence-corrected chi connectivity index (χ3v) is 5.36. The van der Waals surface area contributed by atoms with Crippen molar-refractivity contribution in [2.24, 2.45) is 0 Å². The van der Waals surface area contributed by atoms with Gasteiger partial charge >= 0.3 is 0 Å². The highest BCUT2D eigenvalue weighted by atomic mass is 15.5. The molecule has 1 aromatic heterocycles. The first kappa shape index (κ1) is 13.7. The topological polar surface area (TPSA) is 54.5 Å². The number of aromatic amines is 1. The number of hydrogen-bond acceptors (Lipinski definition) is 3. The summed E-state index contributed by atoms with van der Waals surface area (Å²) in [5.41, 5.74) is 4.08. The Morgan fingerprint density at radius 2 is 1.88 bits per heavy atom. The second kappa shape index (κ2) is 5.13. The summed E-state index contributed by atoms with van der Waals surface area (Å²) < 4.78 is 0. The predicted molar refractivity (Wildman–Crippen MR) is 96.0 cm³/mol. The van der Waals surface area contributed by atoms with Crippen LogP contribution in [-0.4, -0.2) is 20.6 Å². The Labute approximate surface area is 139 Å². The fourth-order valence-electron chi connectivity index (χ4n) is 4.13. The van der Waals surface area contributed by atoms with E-state index in [4.69, 9.17) is 0 Å². The number of nitrogens with zero attached hydrogens (tertiary/aromatic N) is 3. The van der Waals surface area contributed by atoms with Crippen molar-refractivity contribution in [2.75, 3.05) is 0 Å². The van der Waals surface area contributed by atoms with E-state index in [2.05, 4.69) is 70.0 Å². The summed E-state index contributed by atoms with van der Waals surface area (Å²) in [5.74, 6) is 1.31. The van der Waals surface area contributed by atoms with Crippen molar-refractivity contribution < 1.29 is 0 Å². The van der Waals surface area contributed by atoms with Crippen molar-refractivity contribution >= 4 is 21.5 Å². The lowest BCUT2D eigenvalue weighted by atomic mass is 9.81. The maximum atomic E-state index is 4.07. The quantitative estimate of drug-likeness (QED) is 0.522. The molecule has 4 aromatic rings. The standard InChI is InChI=1S/C20H18N4/c1-12-3-2-4-17-15(12)9-10-18-16-7-6-14(20-21-23-24-22-20)11-13(16)5-8-19(17)18/h5-12H,2-4H2,1H3,(H,21,22,23,24). The highest BCUT2D eigenvalue weighted by molar-refractivity contribution is 6.09. The van der Waals surface area contributed by atoms with Crippen LogP contribution >= 0.6 is 0 Å². The molecule has 0 radical (unpaired) electrons. The minimum atomic E-state index is 0.635. The first-order valence-corrected chi connectivity index (χ1v) is 8.53. The molecule has 1 aliphatic rings. The fourth-order valence-corrected chi connectivity index (χ4v) is 4.13. The van der Waals surface area contributed by atoms with Crippen molar-refractivity contribution in [3.63, 3.8) is 0 Å². The predicted octanol–water partition coefficient (Wildman–Crippen LogP) is 4.61. The van der Waals surface area contributed by atoms with Crippen LogP contribution in [0.4, 0.5) is 0 Å². The summed E-state index contributed by atoms with van der Waals surface area (Å²) in [6.45, 7) is 2.35. The van der Waals surface area contributed by atoms with E-state index in [1.165, 1.54) is 46.4 Å². The minimum absolute atomic E-state index is 0.635. The first-order valence-electron chi connectivity index (χ1n) is 8.53. The average Bonchev–Trinajstić information content (AvgIpc) is 3.15. The Bertz CT molecular complexity index is 1050. The van der Waals surface area contributed by atoms with Crippen LogP contribution < -0.4 is 0 Å². The molecule has 0 spiro atoms. The molecule has 5 rings (SSSR count). The van der Waals surface area contributed by atoms with Crippen LogP contribution in [0.25, 0.3) is 32.9 Å². The van der Waals surface area contributed by atoms with Gasteiger partial charge < -0.3 is 0 Å². The molecule has 0 saturated carbocycles. The lowest BCUT2D eigenvalue weighted by Crippen LogP contribution is -2.07. The van der Waals surface area contributed by atoms with Gasteiger partial charge in [0.1, 0.15) is 0 Å². The first-order chi connectivity index (χ1) is 11.8. The van der Waals surface area contributed by atoms with Crippen LogP contribution in [0.2, 0.25) is 0 Å². The van der Waals surface area contributed by atoms with E-state index in [1.807, 2.05) is 0 Å². The van der Waals surface area contributed by atoms with Crippen LogP contribution in [0, 0.1) is 0 Å². The number of H-pyrrole nitrogens is 1. The molecule has 1 aliphatic carbocycles. The molecular formula is C20H18N4. The van der Waals surface area contributed by atoms with Gasteiger partial charge in [0.05, 0.1) is 0 Å². The van der Waals surface area contributed by atoms with Gasteiger partial charge in [-0.2, -0.15) is 5.21 Å². The molecule has 1 atom stereocenters. The second-order valence-corrected chi connectivity index (χ2v) is 6.76. The van der Waals surface area contributed by atoms with Crippen molar-refractivity contribution in [2.45, 2.75) is 32.1 Å². The number of hydrogen-bond donors (Lipinski definition) is 1. The lowest BCUT2D eigenvalue weighted by Gasteiger charge is -2.24. The Hall–Kier alpha value is -2.75. The zero-order chi connectivity index (χ0) is 16.1. The summed E-state index contributed by atoms with van der Waals surface area (Å²) >= 11 is 0. The Kier molecular flexibility index (Phi) is 2.92. The van der Waals surface area contributed by atoms with E-state index in [0.717, 1.165) is 5.56 Å². The summed E-state index contributed by atoms with van der Waals surface area (Å²) in [6.07, 6.45) is 3.80. The van der Waals surface area contributed by atoms with Gasteiger partial charge in [-0.15, -0.1) is 10.2 Å². The molecule has 1 unspecified atom stereocenters. The van der Waals surface area contributed by atoms with Crippen molar-refractivity contribution in [1.82, 2.24) is 20.6 Å². The average molecular weight is 314 g/mol. The highest BCUT2D eigenvalue weighted by Gasteiger charge is 2.19. The molecule has 4 heteroatoms. The number of nitrogens with one attached hydrogen (secondary N) is 1. The molecule has 0 aliphatic heterocycles. The largest absolute Gasteiger partial charge is 0.204 e. The van der Waals surface area contributed by atoms with E-state index in [0.29, 0.717) is 11.7 Å². The number of aryl methyl sites for hydroxylation is 1. The molecule has 24 heavy (non-hydrogen) atoms. The molecular weight excluding hydrogens is 296 g/mol. The van der Waals surface area contributed by atoms with Crippen LogP contribution in [-0.2, 0) is 6.42 Å². The van der Waals surface area contributed by atoms with Gasteiger partial charge in [0.25, 0.3) is 0 Å². The third-order valence-electron chi connectivity index (χ3n) is 5.36. The van der Waals surface area contributed by atoms with E-state index < -0.39 is 0 Å².